The van der Waals surface area contributed by atoms with Crippen molar-refractivity contribution in [2.75, 3.05) is 0 Å². The van der Waals surface area contributed by atoms with E-state index in [0.717, 1.165) is 19.2 Å². The van der Waals surface area contributed by atoms with Crippen LogP contribution in [0.3, 0.4) is 0 Å². The molecular formula is C16H15BN2. The molecule has 0 fully saturated rings. The molecule has 19 heavy (non-hydrogen) atoms. The number of hydrogen-bond donors (Lipinski definition) is 0. The second-order valence-electron chi connectivity index (χ2n) is 4.72. The van der Waals surface area contributed by atoms with Crippen LogP contribution in [0, 0.1) is 0 Å². The monoisotopic (exact) mass is 246 g/mol. The smallest absolute Gasteiger partial charge is 0.157 e. The van der Waals surface area contributed by atoms with E-state index in [4.69, 9.17) is 0 Å². The normalized spacial score (nSPS) is 10.6. The van der Waals surface area contributed by atoms with Gasteiger partial charge < -0.3 is 0 Å². The number of pyridine rings is 2. The van der Waals surface area contributed by atoms with Crippen molar-refractivity contribution in [3.8, 4) is 0 Å². The second kappa shape index (κ2) is 5.23. The third kappa shape index (κ3) is 2.50. The summed E-state index contributed by atoms with van der Waals surface area (Å²) in [6, 6.07) is 12.8. The van der Waals surface area contributed by atoms with Crippen molar-refractivity contribution < 1.29 is 0 Å². The van der Waals surface area contributed by atoms with E-state index in [-0.39, 0.29) is 0 Å². The lowest BCUT2D eigenvalue weighted by molar-refractivity contribution is 1.17. The van der Waals surface area contributed by atoms with E-state index >= 15 is 0 Å². The van der Waals surface area contributed by atoms with E-state index in [1.54, 1.807) is 0 Å². The van der Waals surface area contributed by atoms with Crippen LogP contribution >= 0.6 is 0 Å². The van der Waals surface area contributed by atoms with Crippen LogP contribution in [0.2, 0.25) is 6.82 Å². The van der Waals surface area contributed by atoms with Gasteiger partial charge in [0.1, 0.15) is 0 Å². The van der Waals surface area contributed by atoms with E-state index in [2.05, 4.69) is 47.1 Å². The van der Waals surface area contributed by atoms with Crippen molar-refractivity contribution in [3.63, 3.8) is 0 Å². The van der Waals surface area contributed by atoms with Gasteiger partial charge in [0, 0.05) is 18.6 Å². The zero-order chi connectivity index (χ0) is 13.1. The number of aromatic nitrogens is 2. The molecule has 1 aromatic carbocycles. The fraction of sp³-hybridized carbons (Fsp3) is 0.125. The van der Waals surface area contributed by atoms with Crippen molar-refractivity contribution in [2.24, 2.45) is 0 Å². The lowest BCUT2D eigenvalue weighted by Crippen LogP contribution is -2.14. The number of rotatable bonds is 3. The molecule has 2 heterocycles. The predicted molar refractivity (Wildman–Crippen MR) is 81.4 cm³/mol. The molecule has 92 valence electrons. The molecule has 0 saturated carbocycles. The Balaban J connectivity index is 2.05. The van der Waals surface area contributed by atoms with E-state index in [1.807, 2.05) is 24.7 Å². The Kier molecular flexibility index (Phi) is 3.28. The maximum Gasteiger partial charge on any atom is 0.157 e. The Morgan fingerprint density at radius 2 is 1.84 bits per heavy atom. The van der Waals surface area contributed by atoms with E-state index in [0.29, 0.717) is 0 Å². The van der Waals surface area contributed by atoms with Crippen LogP contribution in [0.5, 0.6) is 0 Å². The van der Waals surface area contributed by atoms with Crippen molar-refractivity contribution in [2.45, 2.75) is 13.2 Å². The molecule has 0 aliphatic carbocycles. The molecule has 0 unspecified atom stereocenters. The second-order valence-corrected chi connectivity index (χ2v) is 4.72. The zero-order valence-corrected chi connectivity index (χ0v) is 11.0. The van der Waals surface area contributed by atoms with Crippen molar-refractivity contribution in [1.82, 2.24) is 9.97 Å². The predicted octanol–water partition coefficient (Wildman–Crippen LogP) is 2.33. The Labute approximate surface area is 113 Å². The third-order valence-electron chi connectivity index (χ3n) is 3.38. The average molecular weight is 246 g/mol. The molecule has 3 rings (SSSR count). The molecule has 0 aliphatic heterocycles. The maximum absolute atomic E-state index is 4.49. The molecule has 2 nitrogen and oxygen atoms in total. The zero-order valence-electron chi connectivity index (χ0n) is 11.0. The summed E-state index contributed by atoms with van der Waals surface area (Å²) in [6.07, 6.45) is 6.50. The summed E-state index contributed by atoms with van der Waals surface area (Å²) in [5.41, 5.74) is 5.08. The van der Waals surface area contributed by atoms with Gasteiger partial charge in [-0.25, -0.2) is 0 Å². The Hall–Kier alpha value is -2.16. The van der Waals surface area contributed by atoms with Crippen LogP contribution in [-0.2, 0) is 6.42 Å². The highest BCUT2D eigenvalue weighted by atomic mass is 14.6. The number of benzene rings is 1. The van der Waals surface area contributed by atoms with E-state index in [9.17, 15) is 0 Å². The van der Waals surface area contributed by atoms with Crippen LogP contribution in [-0.4, -0.2) is 17.2 Å². The molecule has 0 N–H and O–H groups in total. The quantitative estimate of drug-likeness (QED) is 0.663. The standard InChI is InChI=1S/C16H15BN2/c1-17-15-11-13(9-12-4-7-18-8-5-12)10-14-3-2-6-19-16(14)15/h2-8,10-11,17H,9H2,1H3. The maximum atomic E-state index is 4.49. The Morgan fingerprint density at radius 3 is 2.63 bits per heavy atom. The molecule has 3 heteroatoms. The van der Waals surface area contributed by atoms with Gasteiger partial charge in [-0.2, -0.15) is 0 Å². The van der Waals surface area contributed by atoms with E-state index in [1.165, 1.54) is 22.0 Å². The molecule has 0 radical (unpaired) electrons. The van der Waals surface area contributed by atoms with Gasteiger partial charge in [0.15, 0.2) is 7.28 Å². The summed E-state index contributed by atoms with van der Waals surface area (Å²) in [6.45, 7) is 2.18. The SMILES string of the molecule is CBc1cc(Cc2ccncc2)cc2cccnc12. The van der Waals surface area contributed by atoms with Gasteiger partial charge in [-0.05, 0) is 47.2 Å². The van der Waals surface area contributed by atoms with Gasteiger partial charge in [0.25, 0.3) is 0 Å². The molecule has 0 saturated heterocycles. The van der Waals surface area contributed by atoms with Gasteiger partial charge in [0.2, 0.25) is 0 Å². The van der Waals surface area contributed by atoms with Crippen LogP contribution < -0.4 is 5.46 Å². The van der Waals surface area contributed by atoms with Gasteiger partial charge >= 0.3 is 0 Å². The highest BCUT2D eigenvalue weighted by Crippen LogP contribution is 2.14. The average Bonchev–Trinajstić information content (AvgIpc) is 2.47. The van der Waals surface area contributed by atoms with Crippen LogP contribution in [0.25, 0.3) is 10.9 Å². The third-order valence-corrected chi connectivity index (χ3v) is 3.38. The number of nitrogens with zero attached hydrogens (tertiary/aromatic N) is 2. The van der Waals surface area contributed by atoms with Gasteiger partial charge in [-0.15, -0.1) is 0 Å². The topological polar surface area (TPSA) is 25.8 Å². The highest BCUT2D eigenvalue weighted by Gasteiger charge is 2.05. The molecule has 0 bridgehead atoms. The summed E-state index contributed by atoms with van der Waals surface area (Å²) in [7, 11) is 1.01. The van der Waals surface area contributed by atoms with Gasteiger partial charge in [-0.1, -0.05) is 24.4 Å². The summed E-state index contributed by atoms with van der Waals surface area (Å²) in [5, 5.41) is 1.23. The molecule has 0 atom stereocenters. The molecule has 0 amide bonds. The minimum atomic E-state index is 0.945. The fourth-order valence-corrected chi connectivity index (χ4v) is 2.44. The first kappa shape index (κ1) is 11.9. The summed E-state index contributed by atoms with van der Waals surface area (Å²) in [4.78, 5) is 8.55. The van der Waals surface area contributed by atoms with Gasteiger partial charge in [-0.3, -0.25) is 9.97 Å². The first-order valence-electron chi connectivity index (χ1n) is 6.62. The lowest BCUT2D eigenvalue weighted by atomic mass is 9.71. The number of fused-ring (bicyclic) bond motifs is 1. The van der Waals surface area contributed by atoms with Crippen LogP contribution in [0.1, 0.15) is 11.1 Å². The Morgan fingerprint density at radius 1 is 1.00 bits per heavy atom. The molecular weight excluding hydrogens is 231 g/mol. The molecule has 0 spiro atoms. The molecule has 2 aromatic heterocycles. The van der Waals surface area contributed by atoms with Crippen LogP contribution in [0.4, 0.5) is 0 Å². The van der Waals surface area contributed by atoms with Crippen molar-refractivity contribution in [1.29, 1.82) is 0 Å². The first-order valence-corrected chi connectivity index (χ1v) is 6.62. The molecule has 0 aliphatic rings. The largest absolute Gasteiger partial charge is 0.265 e. The van der Waals surface area contributed by atoms with Gasteiger partial charge in [0.05, 0.1) is 5.52 Å². The number of hydrogen-bond acceptors (Lipinski definition) is 2. The van der Waals surface area contributed by atoms with Crippen molar-refractivity contribution in [3.05, 3.63) is 66.1 Å². The van der Waals surface area contributed by atoms with E-state index < -0.39 is 0 Å². The summed E-state index contributed by atoms with van der Waals surface area (Å²) >= 11 is 0. The first-order chi connectivity index (χ1) is 9.36. The minimum absolute atomic E-state index is 0.945. The molecule has 3 aromatic rings. The lowest BCUT2D eigenvalue weighted by Gasteiger charge is -2.08. The summed E-state index contributed by atoms with van der Waals surface area (Å²) < 4.78 is 0. The van der Waals surface area contributed by atoms with Crippen molar-refractivity contribution >= 4 is 23.6 Å². The van der Waals surface area contributed by atoms with Crippen LogP contribution in [0.15, 0.2) is 55.0 Å². The minimum Gasteiger partial charge on any atom is -0.265 e. The highest BCUT2D eigenvalue weighted by molar-refractivity contribution is 6.55. The Bertz CT molecular complexity index is 695. The summed E-state index contributed by atoms with van der Waals surface area (Å²) in [5.74, 6) is 0. The fourth-order valence-electron chi connectivity index (χ4n) is 2.44.